The number of quaternary nitrogens is 1. The molecule has 1 saturated heterocycles. The van der Waals surface area contributed by atoms with Crippen LogP contribution in [0.2, 0.25) is 10.6 Å². The molecule has 0 unspecified atom stereocenters. The highest BCUT2D eigenvalue weighted by Gasteiger charge is 2.32. The van der Waals surface area contributed by atoms with Gasteiger partial charge in [-0.25, -0.2) is 10.5 Å². The Hall–Kier alpha value is -9.62. The first-order valence-electron chi connectivity index (χ1n) is 29.3. The Labute approximate surface area is 629 Å². The number of hydrazine groups is 1. The van der Waals surface area contributed by atoms with Crippen LogP contribution in [0.25, 0.3) is 32.3 Å². The summed E-state index contributed by atoms with van der Waals surface area (Å²) in [6.45, 7) is -0.154. The minimum absolute atomic E-state index is 0.0361. The third-order valence-electron chi connectivity index (χ3n) is 15.4. The second-order valence-corrected chi connectivity index (χ2v) is 32.8. The molecule has 1 aliphatic heterocycles. The molecular weight excluding hydrogens is 1660 g/mol. The number of phenols is 2. The van der Waals surface area contributed by atoms with Crippen molar-refractivity contribution in [1.82, 2.24) is 29.9 Å². The molecule has 576 valence electrons. The number of hydrogen-bond acceptors (Lipinski definition) is 40. The Morgan fingerprint density at radius 2 is 1.12 bits per heavy atom. The number of hydrogen-bond donors (Lipinski definition) is 16. The van der Waals surface area contributed by atoms with Gasteiger partial charge in [-0.05, 0) is 119 Å². The van der Waals surface area contributed by atoms with Crippen LogP contribution < -0.4 is 37.4 Å². The number of nitrogen functional groups attached to an aromatic ring is 1. The Kier molecular flexibility index (Phi) is 23.2. The van der Waals surface area contributed by atoms with Gasteiger partial charge in [0.05, 0.1) is 94.8 Å². The van der Waals surface area contributed by atoms with E-state index in [1.807, 2.05) is 0 Å². The maximum Gasteiger partial charge on any atom is 0.296 e. The Morgan fingerprint density at radius 3 is 1.77 bits per heavy atom. The molecular formula is C54H46Cl2N18O27S8. The van der Waals surface area contributed by atoms with E-state index < -0.39 is 146 Å². The smallest absolute Gasteiger partial charge is 0.296 e. The first kappa shape index (κ1) is 80.4. The van der Waals surface area contributed by atoms with Gasteiger partial charge >= 0.3 is 0 Å². The molecule has 8 aromatic carbocycles. The number of hydroxylamine groups is 3. The zero-order valence-corrected chi connectivity index (χ0v) is 61.5. The van der Waals surface area contributed by atoms with E-state index in [0.29, 0.717) is 30.2 Å². The van der Waals surface area contributed by atoms with Crippen LogP contribution in [0.3, 0.4) is 0 Å². The average molecular weight is 1710 g/mol. The summed E-state index contributed by atoms with van der Waals surface area (Å²) >= 11 is 13.1. The van der Waals surface area contributed by atoms with Gasteiger partial charge in [-0.1, -0.05) is 28.3 Å². The predicted molar refractivity (Wildman–Crippen MR) is 383 cm³/mol. The Balaban J connectivity index is 0.772. The number of phenolic OH excluding ortho intramolecular Hbond substituents is 2. The minimum Gasteiger partial charge on any atom is -0.633 e. The predicted octanol–water partition coefficient (Wildman–Crippen LogP) is 9.16. The number of aromatic hydroxyl groups is 2. The molecule has 17 N–H and O–H groups in total. The summed E-state index contributed by atoms with van der Waals surface area (Å²) in [5.74, 6) is -2.60. The number of benzene rings is 8. The van der Waals surface area contributed by atoms with Crippen LogP contribution in [0.15, 0.2) is 163 Å². The molecule has 45 nitrogen and oxygen atoms in total. The summed E-state index contributed by atoms with van der Waals surface area (Å²) in [4.78, 5) is 20.6. The van der Waals surface area contributed by atoms with Crippen LogP contribution >= 0.6 is 47.3 Å². The molecule has 55 heteroatoms. The largest absolute Gasteiger partial charge is 0.633 e. The van der Waals surface area contributed by atoms with E-state index in [1.54, 1.807) is 4.90 Å². The second-order valence-electron chi connectivity index (χ2n) is 22.3. The van der Waals surface area contributed by atoms with Crippen LogP contribution in [0.1, 0.15) is 0 Å². The van der Waals surface area contributed by atoms with Crippen molar-refractivity contribution in [2.24, 2.45) is 20.5 Å². The van der Waals surface area contributed by atoms with Crippen molar-refractivity contribution in [2.45, 2.75) is 39.2 Å². The van der Waals surface area contributed by atoms with Crippen LogP contribution in [0, 0.1) is 5.21 Å². The normalized spacial score (nSPS) is 14.0. The summed E-state index contributed by atoms with van der Waals surface area (Å²) in [6.07, 6.45) is 0. The molecule has 0 aliphatic carbocycles. The van der Waals surface area contributed by atoms with Crippen molar-refractivity contribution in [3.05, 3.63) is 119 Å². The number of nitrogens with one attached hydrogen (secondary N) is 5. The van der Waals surface area contributed by atoms with Crippen molar-refractivity contribution in [2.75, 3.05) is 76.7 Å². The van der Waals surface area contributed by atoms with Gasteiger partial charge in [0.15, 0.2) is 11.5 Å². The molecule has 0 saturated carbocycles. The first-order chi connectivity index (χ1) is 51.1. The zero-order chi connectivity index (χ0) is 79.1. The maximum atomic E-state index is 14.1. The van der Waals surface area contributed by atoms with Crippen molar-refractivity contribution >= 4 is 215 Å². The summed E-state index contributed by atoms with van der Waals surface area (Å²) < 4.78 is 217. The van der Waals surface area contributed by atoms with Gasteiger partial charge in [-0.15, -0.1) is 29.1 Å². The van der Waals surface area contributed by atoms with E-state index in [9.17, 15) is 93.2 Å². The molecule has 10 aromatic rings. The summed E-state index contributed by atoms with van der Waals surface area (Å²) in [7, 11) is -30.9. The lowest BCUT2D eigenvalue weighted by molar-refractivity contribution is -0.879. The lowest BCUT2D eigenvalue weighted by atomic mass is 10.0. The number of rotatable bonds is 28. The fourth-order valence-electron chi connectivity index (χ4n) is 10.6. The van der Waals surface area contributed by atoms with Crippen molar-refractivity contribution in [3.63, 3.8) is 0 Å². The van der Waals surface area contributed by atoms with Gasteiger partial charge in [0.2, 0.25) is 34.4 Å². The summed E-state index contributed by atoms with van der Waals surface area (Å²) in [5.41, 5.74) is 7.05. The summed E-state index contributed by atoms with van der Waals surface area (Å²) in [6, 6.07) is 17.5. The van der Waals surface area contributed by atoms with Gasteiger partial charge < -0.3 is 46.7 Å². The lowest BCUT2D eigenvalue weighted by Crippen LogP contribution is -2.58. The topological polar surface area (TPSA) is 683 Å². The molecule has 0 atom stereocenters. The fourth-order valence-corrected chi connectivity index (χ4v) is 15.9. The summed E-state index contributed by atoms with van der Waals surface area (Å²) in [5, 5.41) is 85.1. The molecule has 0 bridgehead atoms. The van der Waals surface area contributed by atoms with E-state index in [0.717, 1.165) is 42.5 Å². The molecule has 1 fully saturated rings. The quantitative estimate of drug-likeness (QED) is 0.00250. The van der Waals surface area contributed by atoms with Crippen molar-refractivity contribution in [3.8, 4) is 11.5 Å². The zero-order valence-electron chi connectivity index (χ0n) is 53.4. The molecule has 3 heterocycles. The van der Waals surface area contributed by atoms with Gasteiger partial charge in [0.1, 0.15) is 52.9 Å². The van der Waals surface area contributed by atoms with Crippen LogP contribution in [0.5, 0.6) is 11.5 Å². The van der Waals surface area contributed by atoms with E-state index in [-0.39, 0.29) is 139 Å². The minimum atomic E-state index is -5.39. The number of aromatic nitrogens is 6. The van der Waals surface area contributed by atoms with Crippen LogP contribution in [0.4, 0.5) is 75.0 Å². The standard InChI is InChI=1S/C54H46Cl2N18O27S8/c55-49-61-51(65-52(62-49)59-26-4-7-29-24(18-26)20-39(108(92,93)94)44(46(29)75)71-67-32-9-6-28(104(80,81)82)23-38(32)107(89,90)91)58-12-15-74(77)16-13-73(14-17-74)54-64-50(56)63-53(66-54)60-27-5-11-37(106(86,87)88)34(22-27)69-72-45-40(109(95,96)97)21-25-19-35(102-100-98-78)43(42(57)41(25)47(45)76)70-68-33-10-8-30-31(48(33)103-101-99-79)2-1-3-36(30)105(83,84)85/h1-11,18-23,69,72,75-76,78-79H,12-17,57H2,(H,80,81,82)(H,83,84,85)(H,86,87,88)(H,89,90,91)(H,92,93,94)(H,95,96,97)(H,60,63,64,66)(H2,58,59,61,62,65). The van der Waals surface area contributed by atoms with Gasteiger partial charge in [-0.3, -0.25) is 38.2 Å². The average Bonchev–Trinajstić information content (AvgIpc) is 0.752. The number of nitrogens with zero attached hydrogens (tertiary/aromatic N) is 12. The van der Waals surface area contributed by atoms with Crippen LogP contribution in [-0.4, -0.2) is 172 Å². The number of fused-ring (bicyclic) bond motifs is 3. The second kappa shape index (κ2) is 31.4. The molecule has 1 aliphatic rings. The Bertz CT molecular complexity index is 6170. The van der Waals surface area contributed by atoms with E-state index in [2.05, 4.69) is 95.9 Å². The number of nitrogens with two attached hydrogens (primary N) is 1. The van der Waals surface area contributed by atoms with Gasteiger partial charge in [-0.2, -0.15) is 80.4 Å². The highest BCUT2D eigenvalue weighted by Crippen LogP contribution is 2.50. The number of anilines is 9. The molecule has 0 amide bonds. The third-order valence-corrected chi connectivity index (χ3v) is 22.4. The van der Waals surface area contributed by atoms with E-state index in [1.165, 1.54) is 42.5 Å². The third kappa shape index (κ3) is 18.5. The first-order valence-corrected chi connectivity index (χ1v) is 40.2. The Morgan fingerprint density at radius 1 is 0.541 bits per heavy atom. The van der Waals surface area contributed by atoms with Gasteiger partial charge in [0.25, 0.3) is 60.7 Å². The van der Waals surface area contributed by atoms with E-state index in [4.69, 9.17) is 39.5 Å². The lowest BCUT2D eigenvalue weighted by Gasteiger charge is -2.48. The molecule has 2 aromatic heterocycles. The highest BCUT2D eigenvalue weighted by atomic mass is 35.5. The maximum absolute atomic E-state index is 14.1. The molecule has 109 heavy (non-hydrogen) atoms. The molecule has 11 rings (SSSR count). The molecule has 0 radical (unpaired) electrons. The monoisotopic (exact) mass is 1700 g/mol. The van der Waals surface area contributed by atoms with Crippen molar-refractivity contribution in [1.29, 1.82) is 0 Å². The van der Waals surface area contributed by atoms with Crippen LogP contribution in [-0.2, 0) is 79.5 Å². The van der Waals surface area contributed by atoms with Crippen molar-refractivity contribution < 1.29 is 122 Å². The number of halogens is 2. The highest BCUT2D eigenvalue weighted by molar-refractivity contribution is 7.95. The van der Waals surface area contributed by atoms with Gasteiger partial charge in [0, 0.05) is 27.5 Å². The number of azo groups is 2. The molecule has 0 spiro atoms. The SMILES string of the molecule is Nc1c(N=Nc2ccc3c(S(=O)(=O)O)cccc3c2SOOO)c(SOOO)cc2cc(S(=O)(=O)O)c(NNc3cc(Nc4nc(Cl)nc(N5CC[N+]([O-])(CCNc6nc(Cl)nc(Nc7ccc8c(O)c(N=Nc9ccc(S(=O)(=O)O)cc9S(=O)(=O)O)c(S(=O)(=O)O)cc8c7)n6)CC5)n4)ccc3S(=O)(=O)O)c(O)c12. The fraction of sp³-hybridized carbons (Fsp3) is 0.111. The van der Waals surface area contributed by atoms with E-state index >= 15 is 0 Å². The number of piperazine rings is 1.